The number of carbonyl (C=O) groups excluding carboxylic acids is 1. The molecule has 0 bridgehead atoms. The van der Waals surface area contributed by atoms with E-state index < -0.39 is 0 Å². The summed E-state index contributed by atoms with van der Waals surface area (Å²) in [5.74, 6) is 0.928. The van der Waals surface area contributed by atoms with Crippen LogP contribution in [-0.2, 0) is 6.42 Å². The first kappa shape index (κ1) is 20.6. The number of methoxy groups -OCH3 is 1. The van der Waals surface area contributed by atoms with Crippen molar-refractivity contribution in [3.63, 3.8) is 0 Å². The van der Waals surface area contributed by atoms with Gasteiger partial charge in [-0.15, -0.1) is 0 Å². The standard InChI is InChI=1S/C26H30N4O2/c1-32-22-5-7-25-23(16-22)20(17-28-25)3-2-12-30-13-9-21(10-14-30)29-26(31)19-4-6-24-18(15-19)8-11-27-24/h4-8,11,15-17,21,27-28H,2-3,9-10,12-14H2,1H3,(H,29,31). The fourth-order valence-electron chi connectivity index (χ4n) is 4.75. The zero-order valence-corrected chi connectivity index (χ0v) is 18.5. The summed E-state index contributed by atoms with van der Waals surface area (Å²) in [4.78, 5) is 21.7. The highest BCUT2D eigenvalue weighted by atomic mass is 16.5. The summed E-state index contributed by atoms with van der Waals surface area (Å²) in [7, 11) is 1.71. The third-order valence-electron chi connectivity index (χ3n) is 6.63. The molecule has 5 rings (SSSR count). The number of hydrogen-bond donors (Lipinski definition) is 3. The molecule has 32 heavy (non-hydrogen) atoms. The van der Waals surface area contributed by atoms with E-state index in [2.05, 4.69) is 38.5 Å². The molecule has 4 aromatic rings. The van der Waals surface area contributed by atoms with E-state index in [9.17, 15) is 4.79 Å². The van der Waals surface area contributed by atoms with Gasteiger partial charge in [-0.3, -0.25) is 4.79 Å². The second-order valence-corrected chi connectivity index (χ2v) is 8.70. The molecule has 0 atom stereocenters. The molecule has 6 heteroatoms. The lowest BCUT2D eigenvalue weighted by Crippen LogP contribution is -2.44. The lowest BCUT2D eigenvalue weighted by Gasteiger charge is -2.32. The zero-order chi connectivity index (χ0) is 21.9. The van der Waals surface area contributed by atoms with Crippen molar-refractivity contribution in [2.75, 3.05) is 26.7 Å². The van der Waals surface area contributed by atoms with Crippen LogP contribution in [0.4, 0.5) is 0 Å². The van der Waals surface area contributed by atoms with E-state index in [1.54, 1.807) is 7.11 Å². The Labute approximate surface area is 187 Å². The molecule has 1 fully saturated rings. The average molecular weight is 431 g/mol. The van der Waals surface area contributed by atoms with Crippen LogP contribution in [0.5, 0.6) is 5.75 Å². The van der Waals surface area contributed by atoms with Crippen LogP contribution in [0, 0.1) is 0 Å². The topological polar surface area (TPSA) is 73.2 Å². The highest BCUT2D eigenvalue weighted by molar-refractivity contribution is 5.98. The Morgan fingerprint density at radius 3 is 2.78 bits per heavy atom. The normalized spacial score (nSPS) is 15.4. The first-order valence-electron chi connectivity index (χ1n) is 11.4. The summed E-state index contributed by atoms with van der Waals surface area (Å²) < 4.78 is 5.37. The van der Waals surface area contributed by atoms with Crippen molar-refractivity contribution in [2.24, 2.45) is 0 Å². The number of hydrogen-bond acceptors (Lipinski definition) is 3. The first-order valence-corrected chi connectivity index (χ1v) is 11.4. The van der Waals surface area contributed by atoms with Gasteiger partial charge in [0, 0.05) is 58.9 Å². The van der Waals surface area contributed by atoms with E-state index in [1.165, 1.54) is 10.9 Å². The third kappa shape index (κ3) is 4.36. The van der Waals surface area contributed by atoms with Gasteiger partial charge in [0.15, 0.2) is 0 Å². The minimum absolute atomic E-state index is 0.0290. The van der Waals surface area contributed by atoms with Gasteiger partial charge in [0.2, 0.25) is 0 Å². The number of H-pyrrole nitrogens is 2. The molecule has 2 aromatic carbocycles. The number of amides is 1. The Balaban J connectivity index is 1.08. The summed E-state index contributed by atoms with van der Waals surface area (Å²) in [6, 6.07) is 14.2. The van der Waals surface area contributed by atoms with Crippen LogP contribution in [0.3, 0.4) is 0 Å². The van der Waals surface area contributed by atoms with Gasteiger partial charge in [-0.1, -0.05) is 0 Å². The van der Waals surface area contributed by atoms with Crippen LogP contribution in [0.25, 0.3) is 21.8 Å². The third-order valence-corrected chi connectivity index (χ3v) is 6.63. The predicted molar refractivity (Wildman–Crippen MR) is 128 cm³/mol. The number of nitrogens with one attached hydrogen (secondary N) is 3. The van der Waals surface area contributed by atoms with Gasteiger partial charge >= 0.3 is 0 Å². The van der Waals surface area contributed by atoms with Crippen LogP contribution in [0.15, 0.2) is 54.9 Å². The number of aromatic amines is 2. The number of benzene rings is 2. The van der Waals surface area contributed by atoms with E-state index in [4.69, 9.17) is 4.74 Å². The van der Waals surface area contributed by atoms with Gasteiger partial charge in [-0.25, -0.2) is 0 Å². The molecule has 0 aliphatic carbocycles. The largest absolute Gasteiger partial charge is 0.497 e. The van der Waals surface area contributed by atoms with Gasteiger partial charge in [0.1, 0.15) is 5.75 Å². The number of nitrogens with zero attached hydrogens (tertiary/aromatic N) is 1. The van der Waals surface area contributed by atoms with Crippen molar-refractivity contribution < 1.29 is 9.53 Å². The van der Waals surface area contributed by atoms with Crippen molar-refractivity contribution in [1.82, 2.24) is 20.2 Å². The Hall–Kier alpha value is -3.25. The highest BCUT2D eigenvalue weighted by Crippen LogP contribution is 2.25. The predicted octanol–water partition coefficient (Wildman–Crippen LogP) is 4.48. The first-order chi connectivity index (χ1) is 15.7. The molecule has 2 aromatic heterocycles. The SMILES string of the molecule is COc1ccc2[nH]cc(CCCN3CCC(NC(=O)c4ccc5[nH]ccc5c4)CC3)c2c1. The van der Waals surface area contributed by atoms with Crippen molar-refractivity contribution in [1.29, 1.82) is 0 Å². The number of piperidine rings is 1. The van der Waals surface area contributed by atoms with Crippen molar-refractivity contribution in [3.05, 3.63) is 66.0 Å². The van der Waals surface area contributed by atoms with Crippen molar-refractivity contribution in [2.45, 2.75) is 31.7 Å². The molecular weight excluding hydrogens is 400 g/mol. The number of ether oxygens (including phenoxy) is 1. The molecule has 1 aliphatic heterocycles. The van der Waals surface area contributed by atoms with Gasteiger partial charge in [-0.2, -0.15) is 0 Å². The molecule has 0 unspecified atom stereocenters. The molecule has 1 aliphatic rings. The minimum Gasteiger partial charge on any atom is -0.497 e. The van der Waals surface area contributed by atoms with Crippen LogP contribution < -0.4 is 10.1 Å². The Bertz CT molecular complexity index is 1220. The van der Waals surface area contributed by atoms with Crippen LogP contribution >= 0.6 is 0 Å². The highest BCUT2D eigenvalue weighted by Gasteiger charge is 2.21. The Kier molecular flexibility index (Phi) is 5.86. The van der Waals surface area contributed by atoms with E-state index in [0.29, 0.717) is 0 Å². The van der Waals surface area contributed by atoms with Crippen LogP contribution in [0.2, 0.25) is 0 Å². The second kappa shape index (κ2) is 9.09. The van der Waals surface area contributed by atoms with E-state index >= 15 is 0 Å². The smallest absolute Gasteiger partial charge is 0.251 e. The average Bonchev–Trinajstić information content (AvgIpc) is 3.46. The molecule has 3 N–H and O–H groups in total. The molecule has 1 saturated heterocycles. The van der Waals surface area contributed by atoms with Gasteiger partial charge in [0.25, 0.3) is 5.91 Å². The molecular formula is C26H30N4O2. The van der Waals surface area contributed by atoms with Crippen LogP contribution in [-0.4, -0.2) is 53.6 Å². The lowest BCUT2D eigenvalue weighted by molar-refractivity contribution is 0.0911. The minimum atomic E-state index is 0.0290. The summed E-state index contributed by atoms with van der Waals surface area (Å²) in [5, 5.41) is 5.55. The van der Waals surface area contributed by atoms with E-state index in [-0.39, 0.29) is 11.9 Å². The number of carbonyl (C=O) groups is 1. The Morgan fingerprint density at radius 1 is 1.09 bits per heavy atom. The molecule has 6 nitrogen and oxygen atoms in total. The summed E-state index contributed by atoms with van der Waals surface area (Å²) in [6.07, 6.45) is 8.20. The van der Waals surface area contributed by atoms with Gasteiger partial charge in [0.05, 0.1) is 7.11 Å². The van der Waals surface area contributed by atoms with E-state index in [0.717, 1.165) is 73.1 Å². The summed E-state index contributed by atoms with van der Waals surface area (Å²) >= 11 is 0. The van der Waals surface area contributed by atoms with Gasteiger partial charge in [-0.05, 0) is 80.3 Å². The maximum absolute atomic E-state index is 12.7. The van der Waals surface area contributed by atoms with Gasteiger partial charge < -0.3 is 24.9 Å². The number of fused-ring (bicyclic) bond motifs is 2. The fraction of sp³-hybridized carbons (Fsp3) is 0.346. The number of likely N-dealkylation sites (tertiary alicyclic amines) is 1. The quantitative estimate of drug-likeness (QED) is 0.405. The number of aromatic nitrogens is 2. The van der Waals surface area contributed by atoms with E-state index in [1.807, 2.05) is 36.5 Å². The molecule has 166 valence electrons. The second-order valence-electron chi connectivity index (χ2n) is 8.70. The van der Waals surface area contributed by atoms with Crippen molar-refractivity contribution >= 4 is 27.7 Å². The number of aryl methyl sites for hydroxylation is 1. The fourth-order valence-corrected chi connectivity index (χ4v) is 4.75. The van der Waals surface area contributed by atoms with Crippen LogP contribution in [0.1, 0.15) is 35.2 Å². The molecule has 1 amide bonds. The molecule has 0 saturated carbocycles. The Morgan fingerprint density at radius 2 is 1.94 bits per heavy atom. The van der Waals surface area contributed by atoms with Crippen molar-refractivity contribution in [3.8, 4) is 5.75 Å². The maximum Gasteiger partial charge on any atom is 0.251 e. The maximum atomic E-state index is 12.7. The zero-order valence-electron chi connectivity index (χ0n) is 18.5. The lowest BCUT2D eigenvalue weighted by atomic mass is 10.0. The summed E-state index contributed by atoms with van der Waals surface area (Å²) in [5.41, 5.74) is 4.30. The monoisotopic (exact) mass is 430 g/mol. The number of rotatable bonds is 7. The summed E-state index contributed by atoms with van der Waals surface area (Å²) in [6.45, 7) is 3.15. The molecule has 3 heterocycles. The molecule has 0 spiro atoms. The molecule has 0 radical (unpaired) electrons.